The number of hydrogen-bond acceptors (Lipinski definition) is 5. The second-order valence-electron chi connectivity index (χ2n) is 7.68. The van der Waals surface area contributed by atoms with Gasteiger partial charge in [0.2, 0.25) is 5.91 Å². The highest BCUT2D eigenvalue weighted by Crippen LogP contribution is 2.34. The van der Waals surface area contributed by atoms with Crippen LogP contribution in [0.3, 0.4) is 0 Å². The molecule has 2 rings (SSSR count). The Morgan fingerprint density at radius 2 is 1.96 bits per heavy atom. The van der Waals surface area contributed by atoms with E-state index < -0.39 is 15.9 Å². The van der Waals surface area contributed by atoms with Gasteiger partial charge in [-0.25, -0.2) is 8.42 Å². The summed E-state index contributed by atoms with van der Waals surface area (Å²) in [5.41, 5.74) is 5.87. The van der Waals surface area contributed by atoms with Crippen LogP contribution in [0.1, 0.15) is 46.5 Å². The van der Waals surface area contributed by atoms with E-state index in [1.807, 2.05) is 4.90 Å². The maximum atomic E-state index is 12.3. The predicted octanol–water partition coefficient (Wildman–Crippen LogP) is 0.858. The Kier molecular flexibility index (Phi) is 6.31. The number of hydrogen-bond donors (Lipinski definition) is 1. The smallest absolute Gasteiger partial charge is 0.239 e. The van der Waals surface area contributed by atoms with E-state index in [9.17, 15) is 13.2 Å². The zero-order valence-corrected chi connectivity index (χ0v) is 16.3. The summed E-state index contributed by atoms with van der Waals surface area (Å²) in [4.78, 5) is 16.5. The fraction of sp³-hybridized carbons (Fsp3) is 0.941. The third kappa shape index (κ3) is 4.29. The van der Waals surface area contributed by atoms with Gasteiger partial charge in [0.15, 0.2) is 0 Å². The van der Waals surface area contributed by atoms with E-state index in [0.717, 1.165) is 19.3 Å². The number of rotatable bonds is 6. The Hall–Kier alpha value is -0.660. The molecule has 7 heteroatoms. The van der Waals surface area contributed by atoms with E-state index in [1.165, 1.54) is 0 Å². The first-order valence-corrected chi connectivity index (χ1v) is 11.0. The van der Waals surface area contributed by atoms with Crippen LogP contribution < -0.4 is 5.73 Å². The van der Waals surface area contributed by atoms with Crippen LogP contribution in [0.4, 0.5) is 0 Å². The molecule has 0 aromatic rings. The standard InChI is InChI=1S/C17H33N3O3S/c1-5-24(22,23)11-13-10-14(19(4)12(2)3)6-7-16(13)20-9-8-15(18)17(20)21/h12-16H,5-11,18H2,1-4H3/t13-,14+,15-,16-/m0/s1. The number of likely N-dealkylation sites (tertiary alicyclic amines) is 1. The topological polar surface area (TPSA) is 83.7 Å². The van der Waals surface area contributed by atoms with Gasteiger partial charge in [0.05, 0.1) is 11.8 Å². The van der Waals surface area contributed by atoms with Crippen LogP contribution in [-0.4, -0.2) is 73.4 Å². The summed E-state index contributed by atoms with van der Waals surface area (Å²) in [6.45, 7) is 6.68. The van der Waals surface area contributed by atoms with E-state index in [-0.39, 0.29) is 29.4 Å². The summed E-state index contributed by atoms with van der Waals surface area (Å²) in [6, 6.07) is 0.412. The SMILES string of the molecule is CCS(=O)(=O)C[C@@H]1C[C@H](N(C)C(C)C)CC[C@@H]1N1CC[C@H](N)C1=O. The summed E-state index contributed by atoms with van der Waals surface area (Å²) < 4.78 is 24.5. The molecule has 0 radical (unpaired) electrons. The Bertz CT molecular complexity index is 549. The van der Waals surface area contributed by atoms with Gasteiger partial charge in [0.25, 0.3) is 0 Å². The van der Waals surface area contributed by atoms with E-state index in [2.05, 4.69) is 25.8 Å². The van der Waals surface area contributed by atoms with Crippen LogP contribution in [0.15, 0.2) is 0 Å². The Labute approximate surface area is 146 Å². The van der Waals surface area contributed by atoms with E-state index in [1.54, 1.807) is 6.92 Å². The molecule has 1 saturated carbocycles. The van der Waals surface area contributed by atoms with Gasteiger partial charge in [-0.15, -0.1) is 0 Å². The van der Waals surface area contributed by atoms with Crippen molar-refractivity contribution < 1.29 is 13.2 Å². The average Bonchev–Trinajstić information content (AvgIpc) is 2.86. The molecule has 4 atom stereocenters. The maximum Gasteiger partial charge on any atom is 0.239 e. The van der Waals surface area contributed by atoms with Gasteiger partial charge >= 0.3 is 0 Å². The zero-order valence-electron chi connectivity index (χ0n) is 15.4. The summed E-state index contributed by atoms with van der Waals surface area (Å²) in [5, 5.41) is 0. The fourth-order valence-electron chi connectivity index (χ4n) is 4.10. The molecule has 2 N–H and O–H groups in total. The van der Waals surface area contributed by atoms with Crippen LogP contribution in [0.2, 0.25) is 0 Å². The Morgan fingerprint density at radius 1 is 1.29 bits per heavy atom. The fourth-order valence-corrected chi connectivity index (χ4v) is 5.35. The maximum absolute atomic E-state index is 12.3. The molecule has 1 aliphatic heterocycles. The van der Waals surface area contributed by atoms with Crippen molar-refractivity contribution in [1.29, 1.82) is 0 Å². The van der Waals surface area contributed by atoms with Crippen LogP contribution >= 0.6 is 0 Å². The highest BCUT2D eigenvalue weighted by molar-refractivity contribution is 7.91. The van der Waals surface area contributed by atoms with Crippen molar-refractivity contribution in [3.05, 3.63) is 0 Å². The Morgan fingerprint density at radius 3 is 2.46 bits per heavy atom. The lowest BCUT2D eigenvalue weighted by atomic mass is 9.81. The first-order valence-electron chi connectivity index (χ1n) is 9.14. The number of carbonyl (C=O) groups is 1. The Balaban J connectivity index is 2.18. The normalized spacial score (nSPS) is 32.1. The zero-order chi connectivity index (χ0) is 18.1. The molecular weight excluding hydrogens is 326 g/mol. The lowest BCUT2D eigenvalue weighted by Crippen LogP contribution is -2.52. The molecular formula is C17H33N3O3S. The molecule has 1 heterocycles. The van der Waals surface area contributed by atoms with Crippen LogP contribution in [0.25, 0.3) is 0 Å². The summed E-state index contributed by atoms with van der Waals surface area (Å²) in [7, 11) is -0.961. The number of amides is 1. The molecule has 1 amide bonds. The lowest BCUT2D eigenvalue weighted by molar-refractivity contribution is -0.132. The second kappa shape index (κ2) is 7.70. The van der Waals surface area contributed by atoms with Crippen molar-refractivity contribution in [3.8, 4) is 0 Å². The van der Waals surface area contributed by atoms with Crippen molar-refractivity contribution >= 4 is 15.7 Å². The van der Waals surface area contributed by atoms with Gasteiger partial charge in [0, 0.05) is 30.4 Å². The van der Waals surface area contributed by atoms with Gasteiger partial charge < -0.3 is 15.5 Å². The van der Waals surface area contributed by atoms with E-state index in [4.69, 9.17) is 5.73 Å². The molecule has 1 saturated heterocycles. The van der Waals surface area contributed by atoms with Crippen LogP contribution in [-0.2, 0) is 14.6 Å². The second-order valence-corrected chi connectivity index (χ2v) is 10.1. The van der Waals surface area contributed by atoms with Gasteiger partial charge in [-0.1, -0.05) is 6.92 Å². The number of nitrogens with two attached hydrogens (primary N) is 1. The molecule has 140 valence electrons. The third-order valence-corrected chi connectivity index (χ3v) is 7.71. The first kappa shape index (κ1) is 19.7. The molecule has 6 nitrogen and oxygen atoms in total. The molecule has 0 spiro atoms. The summed E-state index contributed by atoms with van der Waals surface area (Å²) in [5.74, 6) is 0.336. The minimum atomic E-state index is -3.07. The third-order valence-electron chi connectivity index (χ3n) is 5.89. The van der Waals surface area contributed by atoms with Crippen molar-refractivity contribution in [2.24, 2.45) is 11.7 Å². The first-order chi connectivity index (χ1) is 11.2. The molecule has 24 heavy (non-hydrogen) atoms. The quantitative estimate of drug-likeness (QED) is 0.760. The van der Waals surface area contributed by atoms with Gasteiger partial charge in [-0.3, -0.25) is 4.79 Å². The average molecular weight is 360 g/mol. The van der Waals surface area contributed by atoms with Crippen molar-refractivity contribution in [1.82, 2.24) is 9.80 Å². The molecule has 0 bridgehead atoms. The van der Waals surface area contributed by atoms with Crippen LogP contribution in [0.5, 0.6) is 0 Å². The lowest BCUT2D eigenvalue weighted by Gasteiger charge is -2.44. The monoisotopic (exact) mass is 359 g/mol. The van der Waals surface area contributed by atoms with Crippen LogP contribution in [0, 0.1) is 5.92 Å². The summed E-state index contributed by atoms with van der Waals surface area (Å²) >= 11 is 0. The van der Waals surface area contributed by atoms with Crippen molar-refractivity contribution in [2.45, 2.75) is 70.6 Å². The number of carbonyl (C=O) groups excluding carboxylic acids is 1. The van der Waals surface area contributed by atoms with Gasteiger partial charge in [-0.05, 0) is 52.5 Å². The largest absolute Gasteiger partial charge is 0.338 e. The molecule has 0 unspecified atom stereocenters. The number of sulfone groups is 1. The van der Waals surface area contributed by atoms with Crippen molar-refractivity contribution in [3.63, 3.8) is 0 Å². The van der Waals surface area contributed by atoms with Crippen molar-refractivity contribution in [2.75, 3.05) is 25.1 Å². The van der Waals surface area contributed by atoms with Gasteiger partial charge in [-0.2, -0.15) is 0 Å². The highest BCUT2D eigenvalue weighted by atomic mass is 32.2. The number of nitrogens with zero attached hydrogens (tertiary/aromatic N) is 2. The van der Waals surface area contributed by atoms with E-state index in [0.29, 0.717) is 25.0 Å². The van der Waals surface area contributed by atoms with E-state index >= 15 is 0 Å². The molecule has 0 aromatic carbocycles. The molecule has 2 aliphatic rings. The molecule has 1 aliphatic carbocycles. The minimum Gasteiger partial charge on any atom is -0.338 e. The molecule has 0 aromatic heterocycles. The predicted molar refractivity (Wildman–Crippen MR) is 96.4 cm³/mol. The summed E-state index contributed by atoms with van der Waals surface area (Å²) in [6.07, 6.45) is 3.38. The van der Waals surface area contributed by atoms with Gasteiger partial charge in [0.1, 0.15) is 9.84 Å². The highest BCUT2D eigenvalue weighted by Gasteiger charge is 2.42. The minimum absolute atomic E-state index is 0.00384. The molecule has 2 fully saturated rings.